The third kappa shape index (κ3) is 5.40. The molecule has 3 aliphatic rings. The molecular formula is C23H32FNO5S. The summed E-state index contributed by atoms with van der Waals surface area (Å²) in [6, 6.07) is 2.75. The molecule has 0 atom stereocenters. The fourth-order valence-corrected chi connectivity index (χ4v) is 6.24. The molecule has 0 aliphatic heterocycles. The zero-order valence-corrected chi connectivity index (χ0v) is 18.9. The van der Waals surface area contributed by atoms with Crippen LogP contribution in [0.3, 0.4) is 0 Å². The van der Waals surface area contributed by atoms with Crippen molar-refractivity contribution in [3.05, 3.63) is 29.1 Å². The number of hydrogen-bond donors (Lipinski definition) is 1. The second kappa shape index (κ2) is 9.45. The first-order valence-corrected chi connectivity index (χ1v) is 13.0. The second-order valence-corrected chi connectivity index (χ2v) is 11.2. The number of ether oxygens (including phenoxy) is 2. The number of amides is 1. The van der Waals surface area contributed by atoms with Crippen molar-refractivity contribution in [2.24, 2.45) is 5.92 Å². The van der Waals surface area contributed by atoms with Crippen LogP contribution in [0.4, 0.5) is 4.39 Å². The van der Waals surface area contributed by atoms with E-state index < -0.39 is 27.0 Å². The molecule has 0 heterocycles. The molecule has 1 aromatic rings. The van der Waals surface area contributed by atoms with Crippen molar-refractivity contribution in [1.29, 1.82) is 0 Å². The fourth-order valence-electron chi connectivity index (χ4n) is 4.81. The SMILES string of the molecule is CO[C@H]1CC[C@H](S(=O)(=O)NC(=O)c2cc(C3CC3)c(OCC3CCCC3)cc2F)CC1. The van der Waals surface area contributed by atoms with E-state index >= 15 is 0 Å². The van der Waals surface area contributed by atoms with Crippen molar-refractivity contribution in [1.82, 2.24) is 4.72 Å². The number of sulfonamides is 1. The third-order valence-corrected chi connectivity index (χ3v) is 8.76. The van der Waals surface area contributed by atoms with Gasteiger partial charge in [0.1, 0.15) is 11.6 Å². The highest BCUT2D eigenvalue weighted by molar-refractivity contribution is 7.90. The monoisotopic (exact) mass is 453 g/mol. The van der Waals surface area contributed by atoms with Gasteiger partial charge in [-0.3, -0.25) is 4.79 Å². The first-order chi connectivity index (χ1) is 14.9. The predicted molar refractivity (Wildman–Crippen MR) is 115 cm³/mol. The average molecular weight is 454 g/mol. The Hall–Kier alpha value is -1.67. The van der Waals surface area contributed by atoms with E-state index in [1.807, 2.05) is 0 Å². The Morgan fingerprint density at radius 1 is 1.06 bits per heavy atom. The first-order valence-electron chi connectivity index (χ1n) is 11.4. The van der Waals surface area contributed by atoms with Crippen LogP contribution in [0.15, 0.2) is 12.1 Å². The Morgan fingerprint density at radius 3 is 2.35 bits per heavy atom. The Balaban J connectivity index is 1.46. The maximum Gasteiger partial charge on any atom is 0.267 e. The summed E-state index contributed by atoms with van der Waals surface area (Å²) in [6.07, 6.45) is 8.76. The lowest BCUT2D eigenvalue weighted by Crippen LogP contribution is -2.41. The van der Waals surface area contributed by atoms with Crippen molar-refractivity contribution in [3.8, 4) is 5.75 Å². The Morgan fingerprint density at radius 2 is 1.74 bits per heavy atom. The zero-order valence-electron chi connectivity index (χ0n) is 18.1. The van der Waals surface area contributed by atoms with E-state index in [1.165, 1.54) is 25.0 Å². The van der Waals surface area contributed by atoms with Crippen molar-refractivity contribution >= 4 is 15.9 Å². The van der Waals surface area contributed by atoms with Crippen molar-refractivity contribution < 1.29 is 27.1 Å². The largest absolute Gasteiger partial charge is 0.493 e. The van der Waals surface area contributed by atoms with Crippen LogP contribution < -0.4 is 9.46 Å². The number of carbonyl (C=O) groups excluding carboxylic acids is 1. The Kier molecular flexibility index (Phi) is 6.86. The highest BCUT2D eigenvalue weighted by Crippen LogP contribution is 2.45. The van der Waals surface area contributed by atoms with E-state index in [1.54, 1.807) is 7.11 Å². The number of carbonyl (C=O) groups is 1. The number of rotatable bonds is 8. The van der Waals surface area contributed by atoms with Gasteiger partial charge < -0.3 is 9.47 Å². The smallest absolute Gasteiger partial charge is 0.267 e. The zero-order chi connectivity index (χ0) is 22.0. The predicted octanol–water partition coefficient (Wildman–Crippen LogP) is 4.29. The number of nitrogens with one attached hydrogen (secondary N) is 1. The molecule has 0 aromatic heterocycles. The summed E-state index contributed by atoms with van der Waals surface area (Å²) in [6.45, 7) is 0.559. The summed E-state index contributed by atoms with van der Waals surface area (Å²) in [5, 5.41) is -0.664. The number of benzene rings is 1. The van der Waals surface area contributed by atoms with Gasteiger partial charge in [0, 0.05) is 13.2 Å². The van der Waals surface area contributed by atoms with Crippen LogP contribution in [-0.4, -0.2) is 39.4 Å². The molecule has 0 spiro atoms. The minimum Gasteiger partial charge on any atom is -0.493 e. The van der Waals surface area contributed by atoms with Gasteiger partial charge in [-0.1, -0.05) is 12.8 Å². The van der Waals surface area contributed by atoms with Crippen LogP contribution in [0.2, 0.25) is 0 Å². The van der Waals surface area contributed by atoms with Crippen LogP contribution >= 0.6 is 0 Å². The van der Waals surface area contributed by atoms with Gasteiger partial charge >= 0.3 is 0 Å². The van der Waals surface area contributed by atoms with Gasteiger partial charge in [0.05, 0.1) is 23.5 Å². The lowest BCUT2D eigenvalue weighted by atomic mass is 9.97. The van der Waals surface area contributed by atoms with Gasteiger partial charge in [-0.05, 0) is 74.8 Å². The molecule has 0 radical (unpaired) electrons. The van der Waals surface area contributed by atoms with Gasteiger partial charge in [0.25, 0.3) is 5.91 Å². The minimum atomic E-state index is -3.88. The first kappa shape index (κ1) is 22.5. The lowest BCUT2D eigenvalue weighted by Gasteiger charge is -2.27. The van der Waals surface area contributed by atoms with Crippen LogP contribution in [0, 0.1) is 11.7 Å². The average Bonchev–Trinajstić information content (AvgIpc) is 3.46. The molecule has 8 heteroatoms. The van der Waals surface area contributed by atoms with Crippen molar-refractivity contribution in [3.63, 3.8) is 0 Å². The van der Waals surface area contributed by atoms with Crippen LogP contribution in [0.25, 0.3) is 0 Å². The number of hydrogen-bond acceptors (Lipinski definition) is 5. The van der Waals surface area contributed by atoms with Crippen molar-refractivity contribution in [2.75, 3.05) is 13.7 Å². The molecule has 3 saturated carbocycles. The molecule has 31 heavy (non-hydrogen) atoms. The third-order valence-electron chi connectivity index (χ3n) is 6.94. The van der Waals surface area contributed by atoms with Gasteiger partial charge in [-0.2, -0.15) is 0 Å². The molecule has 172 valence electrons. The standard InChI is InChI=1S/C23H32FNO5S/c1-29-17-8-10-18(11-9-17)31(27,28)25-23(26)20-12-19(16-6-7-16)22(13-21(20)24)30-14-15-4-2-3-5-15/h12-13,15-18H,2-11,14H2,1H3,(H,25,26)/t17-,18-. The maximum atomic E-state index is 14.8. The second-order valence-electron chi connectivity index (χ2n) is 9.22. The molecule has 0 bridgehead atoms. The molecule has 6 nitrogen and oxygen atoms in total. The van der Waals surface area contributed by atoms with Gasteiger partial charge in [-0.25, -0.2) is 17.5 Å². The molecular weight excluding hydrogens is 421 g/mol. The summed E-state index contributed by atoms with van der Waals surface area (Å²) in [5.41, 5.74) is 0.576. The Bertz CT molecular complexity index is 901. The molecule has 1 aromatic carbocycles. The minimum absolute atomic E-state index is 0.0532. The normalized spacial score (nSPS) is 24.8. The summed E-state index contributed by atoms with van der Waals surface area (Å²) in [7, 11) is -2.27. The summed E-state index contributed by atoms with van der Waals surface area (Å²) in [5.74, 6) is -0.426. The molecule has 1 N–H and O–H groups in total. The highest BCUT2D eigenvalue weighted by atomic mass is 32.2. The highest BCUT2D eigenvalue weighted by Gasteiger charge is 2.34. The molecule has 0 saturated heterocycles. The van der Waals surface area contributed by atoms with E-state index in [9.17, 15) is 17.6 Å². The molecule has 1 amide bonds. The van der Waals surface area contributed by atoms with Gasteiger partial charge in [0.2, 0.25) is 10.0 Å². The van der Waals surface area contributed by atoms with Gasteiger partial charge in [-0.15, -0.1) is 0 Å². The molecule has 4 rings (SSSR count). The summed E-state index contributed by atoms with van der Waals surface area (Å²) >= 11 is 0. The van der Waals surface area contributed by atoms with E-state index in [0.717, 1.165) is 31.2 Å². The number of methoxy groups -OCH3 is 1. The van der Waals surface area contributed by atoms with Crippen molar-refractivity contribution in [2.45, 2.75) is 81.5 Å². The number of halogens is 1. The summed E-state index contributed by atoms with van der Waals surface area (Å²) in [4.78, 5) is 12.7. The quantitative estimate of drug-likeness (QED) is 0.635. The fraction of sp³-hybridized carbons (Fsp3) is 0.696. The molecule has 3 aliphatic carbocycles. The van der Waals surface area contributed by atoms with E-state index in [4.69, 9.17) is 9.47 Å². The Labute approximate surface area is 183 Å². The topological polar surface area (TPSA) is 81.7 Å². The van der Waals surface area contributed by atoms with E-state index in [-0.39, 0.29) is 17.6 Å². The van der Waals surface area contributed by atoms with E-state index in [0.29, 0.717) is 44.0 Å². The molecule has 3 fully saturated rings. The van der Waals surface area contributed by atoms with Crippen LogP contribution in [0.5, 0.6) is 5.75 Å². The molecule has 0 unspecified atom stereocenters. The van der Waals surface area contributed by atoms with Crippen LogP contribution in [0.1, 0.15) is 86.0 Å². The van der Waals surface area contributed by atoms with Crippen LogP contribution in [-0.2, 0) is 14.8 Å². The summed E-state index contributed by atoms with van der Waals surface area (Å²) < 4.78 is 53.6. The van der Waals surface area contributed by atoms with Gasteiger partial charge in [0.15, 0.2) is 0 Å². The van der Waals surface area contributed by atoms with E-state index in [2.05, 4.69) is 4.72 Å². The lowest BCUT2D eigenvalue weighted by molar-refractivity contribution is 0.0716. The maximum absolute atomic E-state index is 14.8.